The van der Waals surface area contributed by atoms with Gasteiger partial charge in [-0.3, -0.25) is 0 Å². The number of methoxy groups -OCH3 is 1. The van der Waals surface area contributed by atoms with E-state index in [1.807, 2.05) is 12.1 Å². The quantitative estimate of drug-likeness (QED) is 0.558. The van der Waals surface area contributed by atoms with Crippen LogP contribution in [0.15, 0.2) is 24.3 Å². The van der Waals surface area contributed by atoms with Crippen LogP contribution in [0.4, 0.5) is 0 Å². The summed E-state index contributed by atoms with van der Waals surface area (Å²) in [6.45, 7) is 0. The number of carbonyl (C=O) groups excluding carboxylic acids is 1. The number of nitriles is 2. The lowest BCUT2D eigenvalue weighted by molar-refractivity contribution is -0.144. The first-order valence-electron chi connectivity index (χ1n) is 4.85. The summed E-state index contributed by atoms with van der Waals surface area (Å²) in [7, 11) is 1.21. The number of hydrogen-bond acceptors (Lipinski definition) is 5. The number of carbonyl (C=O) groups is 1. The number of hydrogen-bond donors (Lipinski definition) is 0. The Hall–Kier alpha value is -2.37. The van der Waals surface area contributed by atoms with Gasteiger partial charge in [0.15, 0.2) is 0 Å². The molecule has 1 aromatic rings. The maximum Gasteiger partial charge on any atom is 0.356 e. The molecule has 1 aromatic carbocycles. The Morgan fingerprint density at radius 1 is 1.41 bits per heavy atom. The van der Waals surface area contributed by atoms with Crippen LogP contribution in [0.3, 0.4) is 0 Å². The minimum Gasteiger partial charge on any atom is -0.466 e. The van der Waals surface area contributed by atoms with E-state index in [1.165, 1.54) is 7.11 Å². The molecule has 0 aromatic heterocycles. The molecule has 0 amide bonds. The Labute approximate surface area is 97.8 Å². The molecular formula is C12H8N2O3. The maximum atomic E-state index is 11.4. The molecule has 2 atom stereocenters. The summed E-state index contributed by atoms with van der Waals surface area (Å²) in [6.07, 6.45) is -0.618. The predicted octanol–water partition coefficient (Wildman–Crippen LogP) is 1.06. The molecule has 1 aliphatic heterocycles. The van der Waals surface area contributed by atoms with Crippen molar-refractivity contribution in [3.63, 3.8) is 0 Å². The van der Waals surface area contributed by atoms with Gasteiger partial charge in [0.1, 0.15) is 12.2 Å². The van der Waals surface area contributed by atoms with Crippen LogP contribution < -0.4 is 0 Å². The number of esters is 1. The Kier molecular flexibility index (Phi) is 2.55. The normalized spacial score (nSPS) is 25.5. The highest BCUT2D eigenvalue weighted by Gasteiger charge is 2.65. The van der Waals surface area contributed by atoms with Crippen molar-refractivity contribution in [2.75, 3.05) is 7.11 Å². The van der Waals surface area contributed by atoms with E-state index in [9.17, 15) is 4.79 Å². The Morgan fingerprint density at radius 3 is 2.53 bits per heavy atom. The summed E-state index contributed by atoms with van der Waals surface area (Å²) in [4.78, 5) is 11.4. The average Bonchev–Trinajstić information content (AvgIpc) is 3.14. The van der Waals surface area contributed by atoms with E-state index < -0.39 is 17.7 Å². The second-order valence-electron chi connectivity index (χ2n) is 3.57. The van der Waals surface area contributed by atoms with Gasteiger partial charge in [-0.2, -0.15) is 10.5 Å². The van der Waals surface area contributed by atoms with Crippen molar-refractivity contribution < 1.29 is 14.3 Å². The Balaban J connectivity index is 2.25. The van der Waals surface area contributed by atoms with E-state index >= 15 is 0 Å². The molecule has 0 N–H and O–H groups in total. The molecule has 0 radical (unpaired) electrons. The largest absolute Gasteiger partial charge is 0.466 e. The number of ether oxygens (including phenoxy) is 2. The second-order valence-corrected chi connectivity index (χ2v) is 3.57. The highest BCUT2D eigenvalue weighted by atomic mass is 16.7. The molecule has 0 unspecified atom stereocenters. The van der Waals surface area contributed by atoms with Gasteiger partial charge in [0, 0.05) is 0 Å². The van der Waals surface area contributed by atoms with Gasteiger partial charge in [-0.05, 0) is 17.7 Å². The first kappa shape index (κ1) is 11.1. The van der Waals surface area contributed by atoms with Crippen molar-refractivity contribution in [3.8, 4) is 12.1 Å². The molecule has 17 heavy (non-hydrogen) atoms. The van der Waals surface area contributed by atoms with Crippen molar-refractivity contribution in [1.29, 1.82) is 10.5 Å². The van der Waals surface area contributed by atoms with Gasteiger partial charge in [-0.15, -0.1) is 0 Å². The van der Waals surface area contributed by atoms with Gasteiger partial charge in [0.2, 0.25) is 0 Å². The molecule has 0 spiro atoms. The summed E-state index contributed by atoms with van der Waals surface area (Å²) >= 11 is 0. The third-order valence-corrected chi connectivity index (χ3v) is 2.61. The van der Waals surface area contributed by atoms with Crippen molar-refractivity contribution >= 4 is 5.97 Å². The van der Waals surface area contributed by atoms with Gasteiger partial charge in [0.25, 0.3) is 5.60 Å². The summed E-state index contributed by atoms with van der Waals surface area (Å²) in [5.41, 5.74) is -0.339. The first-order valence-corrected chi connectivity index (χ1v) is 4.85. The smallest absolute Gasteiger partial charge is 0.356 e. The average molecular weight is 228 g/mol. The van der Waals surface area contributed by atoms with Crippen molar-refractivity contribution in [2.24, 2.45) is 0 Å². The van der Waals surface area contributed by atoms with Crippen molar-refractivity contribution in [1.82, 2.24) is 0 Å². The zero-order chi connectivity index (χ0) is 12.5. The fourth-order valence-electron chi connectivity index (χ4n) is 1.62. The molecule has 1 aliphatic rings. The lowest BCUT2D eigenvalue weighted by atomic mass is 10.00. The van der Waals surface area contributed by atoms with Gasteiger partial charge in [-0.1, -0.05) is 12.1 Å². The van der Waals surface area contributed by atoms with Crippen LogP contribution in [0.25, 0.3) is 0 Å². The molecular weight excluding hydrogens is 220 g/mol. The molecule has 5 nitrogen and oxygen atoms in total. The lowest BCUT2D eigenvalue weighted by Crippen LogP contribution is -2.24. The van der Waals surface area contributed by atoms with Gasteiger partial charge in [0.05, 0.1) is 18.7 Å². The van der Waals surface area contributed by atoms with Crippen LogP contribution >= 0.6 is 0 Å². The molecule has 1 heterocycles. The molecule has 5 heteroatoms. The van der Waals surface area contributed by atoms with Crippen molar-refractivity contribution in [2.45, 2.75) is 11.7 Å². The van der Waals surface area contributed by atoms with Crippen LogP contribution in [0.1, 0.15) is 17.2 Å². The number of nitrogens with zero attached hydrogens (tertiary/aromatic N) is 2. The standard InChI is InChI=1S/C12H8N2O3/c1-16-11(15)12(7-14)10(17-12)9-4-2-8(6-13)3-5-9/h2-5,10H,1H3/t10-,12+/m1/s1. The van der Waals surface area contributed by atoms with Crippen molar-refractivity contribution in [3.05, 3.63) is 35.4 Å². The summed E-state index contributed by atoms with van der Waals surface area (Å²) in [5.74, 6) is -0.700. The minimum absolute atomic E-state index is 0.509. The number of epoxide rings is 1. The highest BCUT2D eigenvalue weighted by Crippen LogP contribution is 2.49. The van der Waals surface area contributed by atoms with E-state index in [4.69, 9.17) is 15.3 Å². The van der Waals surface area contributed by atoms with Gasteiger partial charge < -0.3 is 9.47 Å². The van der Waals surface area contributed by atoms with E-state index in [-0.39, 0.29) is 0 Å². The van der Waals surface area contributed by atoms with Gasteiger partial charge in [-0.25, -0.2) is 4.79 Å². The molecule has 84 valence electrons. The lowest BCUT2D eigenvalue weighted by Gasteiger charge is -2.01. The van der Waals surface area contributed by atoms with Crippen LogP contribution in [0.5, 0.6) is 0 Å². The fraction of sp³-hybridized carbons (Fsp3) is 0.250. The van der Waals surface area contributed by atoms with Crippen LogP contribution in [-0.4, -0.2) is 18.7 Å². The van der Waals surface area contributed by atoms with E-state index in [1.54, 1.807) is 24.3 Å². The van der Waals surface area contributed by atoms with E-state index in [0.29, 0.717) is 11.1 Å². The molecule has 0 saturated carbocycles. The predicted molar refractivity (Wildman–Crippen MR) is 55.3 cm³/mol. The summed E-state index contributed by atoms with van der Waals surface area (Å²) in [6, 6.07) is 10.3. The summed E-state index contributed by atoms with van der Waals surface area (Å²) in [5, 5.41) is 17.6. The highest BCUT2D eigenvalue weighted by molar-refractivity contribution is 5.87. The van der Waals surface area contributed by atoms with Crippen LogP contribution in [0.2, 0.25) is 0 Å². The van der Waals surface area contributed by atoms with E-state index in [0.717, 1.165) is 0 Å². The third-order valence-electron chi connectivity index (χ3n) is 2.61. The second kappa shape index (κ2) is 3.89. The number of benzene rings is 1. The molecule has 1 fully saturated rings. The zero-order valence-electron chi connectivity index (χ0n) is 9.01. The molecule has 2 rings (SSSR count). The topological polar surface area (TPSA) is 86.4 Å². The summed E-state index contributed by atoms with van der Waals surface area (Å²) < 4.78 is 9.67. The van der Waals surface area contributed by atoms with Gasteiger partial charge >= 0.3 is 5.97 Å². The minimum atomic E-state index is -1.52. The zero-order valence-corrected chi connectivity index (χ0v) is 9.01. The first-order chi connectivity index (χ1) is 8.17. The Bertz CT molecular complexity index is 538. The molecule has 1 saturated heterocycles. The fourth-order valence-corrected chi connectivity index (χ4v) is 1.62. The van der Waals surface area contributed by atoms with E-state index in [2.05, 4.69) is 4.74 Å². The number of rotatable bonds is 2. The Morgan fingerprint density at radius 2 is 2.06 bits per heavy atom. The molecule has 0 aliphatic carbocycles. The maximum absolute atomic E-state index is 11.4. The third kappa shape index (κ3) is 1.63. The van der Waals surface area contributed by atoms with Crippen LogP contribution in [0, 0.1) is 22.7 Å². The van der Waals surface area contributed by atoms with Crippen LogP contribution in [-0.2, 0) is 14.3 Å². The molecule has 0 bridgehead atoms. The monoisotopic (exact) mass is 228 g/mol. The SMILES string of the molecule is COC(=O)[C@@]1(C#N)O[C@@H]1c1ccc(C#N)cc1.